The van der Waals surface area contributed by atoms with E-state index in [-0.39, 0.29) is 29.7 Å². The lowest BCUT2D eigenvalue weighted by Crippen LogP contribution is -2.34. The lowest BCUT2D eigenvalue weighted by molar-refractivity contribution is -0.129. The maximum Gasteiger partial charge on any atom is 0.263 e. The molecule has 5 rings (SSSR count). The third-order valence-electron chi connectivity index (χ3n) is 6.39. The fraction of sp³-hybridized carbons (Fsp3) is 0.308. The number of thiophene rings is 1. The van der Waals surface area contributed by atoms with Crippen molar-refractivity contribution in [2.24, 2.45) is 0 Å². The van der Waals surface area contributed by atoms with Gasteiger partial charge in [0.15, 0.2) is 5.16 Å². The highest BCUT2D eigenvalue weighted by Crippen LogP contribution is 2.34. The van der Waals surface area contributed by atoms with E-state index in [9.17, 15) is 14.4 Å². The Morgan fingerprint density at radius 1 is 1.22 bits per heavy atom. The van der Waals surface area contributed by atoms with E-state index >= 15 is 0 Å². The maximum atomic E-state index is 13.7. The van der Waals surface area contributed by atoms with Gasteiger partial charge in [0.2, 0.25) is 11.8 Å². The van der Waals surface area contributed by atoms with Crippen molar-refractivity contribution in [3.8, 4) is 0 Å². The zero-order valence-electron chi connectivity index (χ0n) is 20.3. The maximum absolute atomic E-state index is 13.7. The van der Waals surface area contributed by atoms with Gasteiger partial charge in [-0.25, -0.2) is 4.98 Å². The van der Waals surface area contributed by atoms with Gasteiger partial charge in [-0.2, -0.15) is 0 Å². The third kappa shape index (κ3) is 4.83. The van der Waals surface area contributed by atoms with Crippen LogP contribution in [0.1, 0.15) is 34.3 Å². The summed E-state index contributed by atoms with van der Waals surface area (Å²) in [5.74, 6) is 0.579. The summed E-state index contributed by atoms with van der Waals surface area (Å²) in [6.45, 7) is 6.88. The Kier molecular flexibility index (Phi) is 6.72. The summed E-state index contributed by atoms with van der Waals surface area (Å²) in [4.78, 5) is 46.6. The van der Waals surface area contributed by atoms with E-state index in [1.54, 1.807) is 28.7 Å². The predicted octanol–water partition coefficient (Wildman–Crippen LogP) is 4.35. The average molecular weight is 523 g/mol. The number of hydrogen-bond donors (Lipinski definition) is 1. The number of carbonyl (C=O) groups excluding carboxylic acids is 2. The highest BCUT2D eigenvalue weighted by Gasteiger charge is 2.26. The molecule has 2 amide bonds. The third-order valence-corrected chi connectivity index (χ3v) is 8.47. The molecule has 1 aromatic carbocycles. The van der Waals surface area contributed by atoms with Crippen LogP contribution in [0.25, 0.3) is 10.2 Å². The Labute approximate surface area is 216 Å². The van der Waals surface area contributed by atoms with Crippen LogP contribution in [-0.4, -0.2) is 38.6 Å². The molecule has 0 bridgehead atoms. The van der Waals surface area contributed by atoms with Crippen molar-refractivity contribution < 1.29 is 14.0 Å². The number of fused-ring (bicyclic) bond motifs is 3. The van der Waals surface area contributed by atoms with Gasteiger partial charge in [-0.15, -0.1) is 11.3 Å². The van der Waals surface area contributed by atoms with Crippen molar-refractivity contribution in [2.45, 2.75) is 45.4 Å². The minimum Gasteiger partial charge on any atom is -0.467 e. The largest absolute Gasteiger partial charge is 0.467 e. The average Bonchev–Trinajstić information content (AvgIpc) is 3.49. The number of rotatable bonds is 6. The topological polar surface area (TPSA) is 97.4 Å². The number of nitrogens with one attached hydrogen (secondary N) is 1. The van der Waals surface area contributed by atoms with Gasteiger partial charge in [-0.3, -0.25) is 19.0 Å². The van der Waals surface area contributed by atoms with Crippen molar-refractivity contribution in [3.05, 3.63) is 74.3 Å². The molecule has 4 heterocycles. The van der Waals surface area contributed by atoms with Gasteiger partial charge >= 0.3 is 0 Å². The first-order chi connectivity index (χ1) is 17.3. The normalized spacial score (nSPS) is 13.1. The summed E-state index contributed by atoms with van der Waals surface area (Å²) in [7, 11) is 0. The van der Waals surface area contributed by atoms with E-state index in [1.807, 2.05) is 38.1 Å². The Morgan fingerprint density at radius 2 is 2.06 bits per heavy atom. The first-order valence-electron chi connectivity index (χ1n) is 11.6. The Morgan fingerprint density at radius 3 is 2.78 bits per heavy atom. The van der Waals surface area contributed by atoms with Gasteiger partial charge in [0, 0.05) is 24.0 Å². The second-order valence-electron chi connectivity index (χ2n) is 8.88. The summed E-state index contributed by atoms with van der Waals surface area (Å²) in [5, 5.41) is 3.99. The van der Waals surface area contributed by atoms with Gasteiger partial charge in [0.1, 0.15) is 10.6 Å². The predicted molar refractivity (Wildman–Crippen MR) is 142 cm³/mol. The number of aromatic nitrogens is 2. The summed E-state index contributed by atoms with van der Waals surface area (Å²) in [6.07, 6.45) is 2.19. The molecule has 3 aromatic heterocycles. The Balaban J connectivity index is 1.46. The summed E-state index contributed by atoms with van der Waals surface area (Å²) in [6, 6.07) is 9.38. The van der Waals surface area contributed by atoms with Crippen LogP contribution >= 0.6 is 23.1 Å². The number of aryl methyl sites for hydroxylation is 2. The summed E-state index contributed by atoms with van der Waals surface area (Å²) in [5.41, 5.74) is 3.82. The number of hydrogen-bond acceptors (Lipinski definition) is 7. The van der Waals surface area contributed by atoms with Gasteiger partial charge < -0.3 is 14.6 Å². The lowest BCUT2D eigenvalue weighted by Gasteiger charge is -2.25. The number of thioether (sulfide) groups is 1. The number of carbonyl (C=O) groups is 2. The van der Waals surface area contributed by atoms with Crippen LogP contribution in [0.3, 0.4) is 0 Å². The summed E-state index contributed by atoms with van der Waals surface area (Å²) >= 11 is 2.67. The molecule has 1 N–H and O–H groups in total. The molecule has 186 valence electrons. The summed E-state index contributed by atoms with van der Waals surface area (Å²) < 4.78 is 7.08. The van der Waals surface area contributed by atoms with Crippen LogP contribution in [0.5, 0.6) is 0 Å². The molecule has 1 aliphatic heterocycles. The SMILES string of the molecule is CC(=O)N1CCc2c(sc3nc(SCC(=O)Nc4ccc(C)c(C)c4)n(Cc4ccco4)c(=O)c23)C1. The van der Waals surface area contributed by atoms with Gasteiger partial charge in [0.25, 0.3) is 5.56 Å². The zero-order chi connectivity index (χ0) is 25.4. The van der Waals surface area contributed by atoms with Crippen LogP contribution in [0.15, 0.2) is 51.0 Å². The first-order valence-corrected chi connectivity index (χ1v) is 13.4. The molecular weight excluding hydrogens is 496 g/mol. The molecule has 4 aromatic rings. The smallest absolute Gasteiger partial charge is 0.263 e. The zero-order valence-corrected chi connectivity index (χ0v) is 21.9. The number of nitrogens with zero attached hydrogens (tertiary/aromatic N) is 3. The van der Waals surface area contributed by atoms with E-state index in [0.717, 1.165) is 27.3 Å². The van der Waals surface area contributed by atoms with E-state index in [0.29, 0.717) is 40.6 Å². The molecule has 8 nitrogen and oxygen atoms in total. The van der Waals surface area contributed by atoms with Crippen molar-refractivity contribution >= 4 is 50.8 Å². The highest BCUT2D eigenvalue weighted by molar-refractivity contribution is 7.99. The number of benzene rings is 1. The van der Waals surface area contributed by atoms with Crippen LogP contribution in [0, 0.1) is 13.8 Å². The molecule has 0 unspecified atom stereocenters. The molecule has 0 fully saturated rings. The molecule has 0 aliphatic carbocycles. The molecule has 0 spiro atoms. The van der Waals surface area contributed by atoms with Crippen LogP contribution in [-0.2, 0) is 29.1 Å². The van der Waals surface area contributed by atoms with Crippen molar-refractivity contribution in [1.82, 2.24) is 14.5 Å². The van der Waals surface area contributed by atoms with Crippen LogP contribution in [0.4, 0.5) is 5.69 Å². The highest BCUT2D eigenvalue weighted by atomic mass is 32.2. The molecule has 36 heavy (non-hydrogen) atoms. The van der Waals surface area contributed by atoms with E-state index in [1.165, 1.54) is 23.1 Å². The molecule has 10 heteroatoms. The standard InChI is InChI=1S/C26H26N4O4S2/c1-15-6-7-18(11-16(15)2)27-22(32)14-35-26-28-24-23(25(33)30(26)12-19-5-4-10-34-19)20-8-9-29(17(3)31)13-21(20)36-24/h4-7,10-11H,8-9,12-14H2,1-3H3,(H,27,32). The molecule has 0 atom stereocenters. The Hall–Kier alpha value is -3.37. The molecule has 0 saturated carbocycles. The fourth-order valence-corrected chi connectivity index (χ4v) is 6.36. The second kappa shape index (κ2) is 9.94. The van der Waals surface area contributed by atoms with Gasteiger partial charge in [0.05, 0.1) is 30.5 Å². The first kappa shape index (κ1) is 24.3. The van der Waals surface area contributed by atoms with Crippen molar-refractivity contribution in [2.75, 3.05) is 17.6 Å². The van der Waals surface area contributed by atoms with Crippen LogP contribution < -0.4 is 10.9 Å². The van der Waals surface area contributed by atoms with Crippen LogP contribution in [0.2, 0.25) is 0 Å². The number of anilines is 1. The van der Waals surface area contributed by atoms with Gasteiger partial charge in [-0.1, -0.05) is 17.8 Å². The molecule has 0 radical (unpaired) electrons. The van der Waals surface area contributed by atoms with Gasteiger partial charge in [-0.05, 0) is 61.2 Å². The molecule has 0 saturated heterocycles. The van der Waals surface area contributed by atoms with E-state index in [4.69, 9.17) is 9.40 Å². The lowest BCUT2D eigenvalue weighted by atomic mass is 10.1. The quantitative estimate of drug-likeness (QED) is 0.299. The Bertz CT molecular complexity index is 1520. The monoisotopic (exact) mass is 522 g/mol. The minimum absolute atomic E-state index is 0.0207. The fourth-order valence-electron chi connectivity index (χ4n) is 4.28. The number of furan rings is 1. The van der Waals surface area contributed by atoms with Crippen molar-refractivity contribution in [3.63, 3.8) is 0 Å². The van der Waals surface area contributed by atoms with Crippen molar-refractivity contribution in [1.29, 1.82) is 0 Å². The number of amides is 2. The van der Waals surface area contributed by atoms with E-state index in [2.05, 4.69) is 5.32 Å². The molecule has 1 aliphatic rings. The molecular formula is C26H26N4O4S2. The van der Waals surface area contributed by atoms with E-state index < -0.39 is 0 Å². The minimum atomic E-state index is -0.176. The second-order valence-corrected chi connectivity index (χ2v) is 10.9.